The lowest BCUT2D eigenvalue weighted by molar-refractivity contribution is -0.575. The molecule has 3 aromatic rings. The number of aromatic nitrogens is 2. The van der Waals surface area contributed by atoms with Crippen molar-refractivity contribution in [2.24, 2.45) is 5.73 Å². The summed E-state index contributed by atoms with van der Waals surface area (Å²) < 4.78 is 38.7. The molecule has 0 bridgehead atoms. The molecular formula is C20H24F3N6O+. The third-order valence-electron chi connectivity index (χ3n) is 4.64. The Bertz CT molecular complexity index is 1060. The number of benzene rings is 1. The van der Waals surface area contributed by atoms with E-state index in [0.717, 1.165) is 22.5 Å². The number of nitrogens with one attached hydrogen (secondary N) is 2. The number of aliphatic hydroxyl groups excluding tert-OH is 1. The number of pyridine rings is 1. The van der Waals surface area contributed by atoms with Crippen LogP contribution < -0.4 is 21.7 Å². The van der Waals surface area contributed by atoms with E-state index >= 15 is 0 Å². The van der Waals surface area contributed by atoms with E-state index in [4.69, 9.17) is 5.73 Å². The first kappa shape index (κ1) is 21.6. The molecule has 7 nitrogen and oxygen atoms in total. The number of imidazole rings is 1. The minimum atomic E-state index is -4.41. The molecule has 2 aromatic heterocycles. The number of alkyl halides is 3. The molecule has 0 aliphatic rings. The Morgan fingerprint density at radius 2 is 2.07 bits per heavy atom. The van der Waals surface area contributed by atoms with Crippen LogP contribution in [0.4, 0.5) is 18.9 Å². The fraction of sp³-hybridized carbons (Fsp3) is 0.250. The van der Waals surface area contributed by atoms with Gasteiger partial charge < -0.3 is 21.5 Å². The van der Waals surface area contributed by atoms with E-state index in [1.807, 2.05) is 53.4 Å². The first-order valence-electron chi connectivity index (χ1n) is 9.26. The first-order valence-corrected chi connectivity index (χ1v) is 9.26. The van der Waals surface area contributed by atoms with Crippen LogP contribution in [0.25, 0.3) is 22.6 Å². The average Bonchev–Trinajstić information content (AvgIpc) is 3.14. The van der Waals surface area contributed by atoms with Crippen molar-refractivity contribution < 1.29 is 23.6 Å². The monoisotopic (exact) mass is 421 g/mol. The molecule has 30 heavy (non-hydrogen) atoms. The van der Waals surface area contributed by atoms with Gasteiger partial charge in [-0.25, -0.2) is 4.98 Å². The van der Waals surface area contributed by atoms with Gasteiger partial charge in [-0.15, -0.1) is 0 Å². The number of nitrogens with two attached hydrogens (primary N) is 2. The fourth-order valence-corrected chi connectivity index (χ4v) is 2.93. The Balaban J connectivity index is 1.83. The highest BCUT2D eigenvalue weighted by molar-refractivity contribution is 5.71. The molecule has 2 heterocycles. The molecule has 0 saturated carbocycles. The number of anilines is 1. The van der Waals surface area contributed by atoms with E-state index in [1.54, 1.807) is 24.4 Å². The predicted octanol–water partition coefficient (Wildman–Crippen LogP) is 1.68. The van der Waals surface area contributed by atoms with Crippen molar-refractivity contribution in [3.05, 3.63) is 60.1 Å². The summed E-state index contributed by atoms with van der Waals surface area (Å²) in [6.45, 7) is 0.635. The van der Waals surface area contributed by atoms with Crippen LogP contribution in [0.5, 0.6) is 0 Å². The van der Waals surface area contributed by atoms with Gasteiger partial charge in [0.1, 0.15) is 11.3 Å². The van der Waals surface area contributed by atoms with Crippen LogP contribution in [0.1, 0.15) is 12.5 Å². The Labute approximate surface area is 171 Å². The van der Waals surface area contributed by atoms with E-state index in [2.05, 4.69) is 10.3 Å². The molecular weight excluding hydrogens is 397 g/mol. The average molecular weight is 421 g/mol. The van der Waals surface area contributed by atoms with Crippen LogP contribution in [-0.2, 0) is 0 Å². The van der Waals surface area contributed by atoms with Crippen molar-refractivity contribution in [3.8, 4) is 11.3 Å². The SMILES string of the molecule is C[NH2+]/C(C)=C(\N)c1ccn2c(-c3cccc(NC(O)NCC(F)(F)F)c3)cnc2c1. The molecule has 7 N–H and O–H groups in total. The maximum atomic E-state index is 12.3. The van der Waals surface area contributed by atoms with Crippen LogP contribution in [0.3, 0.4) is 0 Å². The standard InChI is InChI=1S/C20H23F3N6O/c1-12(25-2)18(24)14-6-7-29-16(10-26-17(29)9-14)13-4-3-5-15(8-13)28-19(30)27-11-20(21,22)23/h3-10,19,25,27-28,30H,11,24H2,1-2H3/p+1/b18-12-. The molecule has 3 rings (SSSR count). The normalized spacial score (nSPS) is 13.9. The highest BCUT2D eigenvalue weighted by atomic mass is 19.4. The number of hydrogen-bond donors (Lipinski definition) is 5. The summed E-state index contributed by atoms with van der Waals surface area (Å²) in [4.78, 5) is 4.44. The van der Waals surface area contributed by atoms with Crippen LogP contribution in [0, 0.1) is 0 Å². The molecule has 0 amide bonds. The second-order valence-corrected chi connectivity index (χ2v) is 6.80. The van der Waals surface area contributed by atoms with Crippen molar-refractivity contribution in [3.63, 3.8) is 0 Å². The molecule has 1 unspecified atom stereocenters. The fourth-order valence-electron chi connectivity index (χ4n) is 2.93. The van der Waals surface area contributed by atoms with Crippen LogP contribution in [0.2, 0.25) is 0 Å². The van der Waals surface area contributed by atoms with E-state index in [9.17, 15) is 18.3 Å². The van der Waals surface area contributed by atoms with Gasteiger partial charge in [0.05, 0.1) is 31.2 Å². The summed E-state index contributed by atoms with van der Waals surface area (Å²) in [6, 6.07) is 10.7. The zero-order chi connectivity index (χ0) is 21.9. The lowest BCUT2D eigenvalue weighted by Gasteiger charge is -2.17. The molecule has 0 fully saturated rings. The summed E-state index contributed by atoms with van der Waals surface area (Å²) in [5.41, 5.74) is 11.4. The maximum Gasteiger partial charge on any atom is 0.401 e. The smallest absolute Gasteiger partial charge is 0.394 e. The molecule has 0 radical (unpaired) electrons. The topological polar surface area (TPSA) is 104 Å². The van der Waals surface area contributed by atoms with Crippen LogP contribution >= 0.6 is 0 Å². The second kappa shape index (κ2) is 8.74. The number of quaternary nitrogens is 1. The molecule has 160 valence electrons. The quantitative estimate of drug-likeness (QED) is 0.374. The van der Waals surface area contributed by atoms with Crippen LogP contribution in [-0.4, -0.2) is 40.6 Å². The van der Waals surface area contributed by atoms with Crippen molar-refractivity contribution in [2.75, 3.05) is 18.9 Å². The molecule has 0 aliphatic heterocycles. The molecule has 1 aromatic carbocycles. The number of allylic oxidation sites excluding steroid dienone is 1. The number of halogens is 3. The van der Waals surface area contributed by atoms with E-state index in [0.29, 0.717) is 17.0 Å². The van der Waals surface area contributed by atoms with Crippen molar-refractivity contribution in [1.29, 1.82) is 0 Å². The highest BCUT2D eigenvalue weighted by Crippen LogP contribution is 2.25. The van der Waals surface area contributed by atoms with Gasteiger partial charge in [0.25, 0.3) is 0 Å². The summed E-state index contributed by atoms with van der Waals surface area (Å²) in [5.74, 6) is 0. The van der Waals surface area contributed by atoms with Crippen molar-refractivity contribution in [1.82, 2.24) is 14.7 Å². The van der Waals surface area contributed by atoms with E-state index in [1.165, 1.54) is 0 Å². The van der Waals surface area contributed by atoms with Gasteiger partial charge in [0, 0.05) is 29.9 Å². The van der Waals surface area contributed by atoms with Gasteiger partial charge in [-0.1, -0.05) is 12.1 Å². The Morgan fingerprint density at radius 3 is 2.77 bits per heavy atom. The first-order chi connectivity index (χ1) is 14.2. The van der Waals surface area contributed by atoms with Crippen LogP contribution in [0.15, 0.2) is 54.5 Å². The van der Waals surface area contributed by atoms with Gasteiger partial charge in [-0.2, -0.15) is 13.2 Å². The number of rotatable bonds is 7. The van der Waals surface area contributed by atoms with Gasteiger partial charge in [0.2, 0.25) is 0 Å². The molecule has 1 atom stereocenters. The minimum Gasteiger partial charge on any atom is -0.394 e. The highest BCUT2D eigenvalue weighted by Gasteiger charge is 2.27. The minimum absolute atomic E-state index is 0.461. The van der Waals surface area contributed by atoms with Gasteiger partial charge >= 0.3 is 6.18 Å². The van der Waals surface area contributed by atoms with Gasteiger partial charge in [-0.05, 0) is 24.3 Å². The predicted molar refractivity (Wildman–Crippen MR) is 109 cm³/mol. The zero-order valence-electron chi connectivity index (χ0n) is 16.5. The molecule has 0 saturated heterocycles. The van der Waals surface area contributed by atoms with Gasteiger partial charge in [-0.3, -0.25) is 9.72 Å². The summed E-state index contributed by atoms with van der Waals surface area (Å²) >= 11 is 0. The molecule has 0 spiro atoms. The summed E-state index contributed by atoms with van der Waals surface area (Å²) in [6.07, 6.45) is -2.38. The molecule has 0 aliphatic carbocycles. The van der Waals surface area contributed by atoms with E-state index < -0.39 is 19.1 Å². The third kappa shape index (κ3) is 5.09. The Morgan fingerprint density at radius 1 is 1.30 bits per heavy atom. The largest absolute Gasteiger partial charge is 0.401 e. The van der Waals surface area contributed by atoms with Crippen molar-refractivity contribution in [2.45, 2.75) is 19.5 Å². The Hall–Kier alpha value is -3.08. The number of aliphatic hydroxyl groups is 1. The number of nitrogens with zero attached hydrogens (tertiary/aromatic N) is 2. The lowest BCUT2D eigenvalue weighted by Crippen LogP contribution is -2.77. The summed E-state index contributed by atoms with van der Waals surface area (Å²) in [5, 5.41) is 16.3. The Kier molecular flexibility index (Phi) is 6.30. The van der Waals surface area contributed by atoms with Gasteiger partial charge in [0.15, 0.2) is 6.35 Å². The second-order valence-electron chi connectivity index (χ2n) is 6.80. The van der Waals surface area contributed by atoms with Crippen molar-refractivity contribution >= 4 is 17.0 Å². The molecule has 10 heteroatoms. The number of hydrogen-bond acceptors (Lipinski definition) is 5. The zero-order valence-corrected chi connectivity index (χ0v) is 16.5. The number of fused-ring (bicyclic) bond motifs is 1. The third-order valence-corrected chi connectivity index (χ3v) is 4.64. The lowest BCUT2D eigenvalue weighted by atomic mass is 10.1. The maximum absolute atomic E-state index is 12.3. The van der Waals surface area contributed by atoms with E-state index in [-0.39, 0.29) is 0 Å². The summed E-state index contributed by atoms with van der Waals surface area (Å²) in [7, 11) is 1.92.